The molecule has 5 nitrogen and oxygen atoms in total. The Labute approximate surface area is 125 Å². The predicted molar refractivity (Wildman–Crippen MR) is 83.6 cm³/mol. The van der Waals surface area contributed by atoms with Crippen molar-refractivity contribution in [3.8, 4) is 0 Å². The predicted octanol–water partition coefficient (Wildman–Crippen LogP) is 2.95. The van der Waals surface area contributed by atoms with Gasteiger partial charge < -0.3 is 10.4 Å². The van der Waals surface area contributed by atoms with E-state index in [0.717, 1.165) is 11.1 Å². The standard InChI is InChI=1S/C16H22N2O3/c1-12(2)8-10-17-16(21)18(11-9-15(19)20)14-6-4-13(3)5-7-14/h4-8H,9-11H2,1-3H3,(H,17,21)(H,19,20). The maximum atomic E-state index is 12.2. The third-order valence-electron chi connectivity index (χ3n) is 2.90. The van der Waals surface area contributed by atoms with E-state index in [9.17, 15) is 9.59 Å². The van der Waals surface area contributed by atoms with Crippen molar-refractivity contribution in [3.05, 3.63) is 41.5 Å². The molecule has 0 saturated carbocycles. The summed E-state index contributed by atoms with van der Waals surface area (Å²) in [5, 5.41) is 11.6. The number of anilines is 1. The highest BCUT2D eigenvalue weighted by Crippen LogP contribution is 2.15. The fraction of sp³-hybridized carbons (Fsp3) is 0.375. The minimum absolute atomic E-state index is 0.0933. The second-order valence-electron chi connectivity index (χ2n) is 5.10. The van der Waals surface area contributed by atoms with Gasteiger partial charge in [0.2, 0.25) is 0 Å². The maximum Gasteiger partial charge on any atom is 0.322 e. The number of carboxylic acids is 1. The van der Waals surface area contributed by atoms with Gasteiger partial charge in [0.25, 0.3) is 0 Å². The van der Waals surface area contributed by atoms with Crippen LogP contribution in [0.3, 0.4) is 0 Å². The van der Waals surface area contributed by atoms with Crippen molar-refractivity contribution in [3.63, 3.8) is 0 Å². The van der Waals surface area contributed by atoms with Crippen LogP contribution < -0.4 is 10.2 Å². The molecule has 5 heteroatoms. The molecule has 0 fully saturated rings. The van der Waals surface area contributed by atoms with Gasteiger partial charge in [0.1, 0.15) is 0 Å². The zero-order valence-electron chi connectivity index (χ0n) is 12.7. The van der Waals surface area contributed by atoms with E-state index in [0.29, 0.717) is 12.2 Å². The Morgan fingerprint density at radius 2 is 1.86 bits per heavy atom. The van der Waals surface area contributed by atoms with Gasteiger partial charge in [0.15, 0.2) is 0 Å². The fourth-order valence-electron chi connectivity index (χ4n) is 1.72. The summed E-state index contributed by atoms with van der Waals surface area (Å²) in [6, 6.07) is 7.13. The molecule has 1 aromatic rings. The first kappa shape index (κ1) is 16.8. The lowest BCUT2D eigenvalue weighted by Gasteiger charge is -2.22. The van der Waals surface area contributed by atoms with Gasteiger partial charge >= 0.3 is 12.0 Å². The average Bonchev–Trinajstić information content (AvgIpc) is 2.40. The molecule has 2 amide bonds. The number of hydrogen-bond donors (Lipinski definition) is 2. The van der Waals surface area contributed by atoms with Gasteiger partial charge in [-0.2, -0.15) is 0 Å². The van der Waals surface area contributed by atoms with Crippen LogP contribution in [-0.4, -0.2) is 30.2 Å². The Hall–Kier alpha value is -2.30. The van der Waals surface area contributed by atoms with E-state index in [4.69, 9.17) is 5.11 Å². The number of allylic oxidation sites excluding steroid dienone is 1. The van der Waals surface area contributed by atoms with Gasteiger partial charge in [0, 0.05) is 18.8 Å². The van der Waals surface area contributed by atoms with E-state index in [2.05, 4.69) is 5.32 Å². The lowest BCUT2D eigenvalue weighted by atomic mass is 10.2. The number of aryl methyl sites for hydroxylation is 1. The van der Waals surface area contributed by atoms with Crippen LogP contribution in [0.15, 0.2) is 35.9 Å². The molecule has 0 spiro atoms. The first-order valence-electron chi connectivity index (χ1n) is 6.87. The number of carbonyl (C=O) groups excluding carboxylic acids is 1. The van der Waals surface area contributed by atoms with Gasteiger partial charge in [0.05, 0.1) is 6.42 Å². The summed E-state index contributed by atoms with van der Waals surface area (Å²) >= 11 is 0. The largest absolute Gasteiger partial charge is 0.481 e. The molecular formula is C16H22N2O3. The van der Waals surface area contributed by atoms with Crippen LogP contribution in [0.4, 0.5) is 10.5 Å². The zero-order chi connectivity index (χ0) is 15.8. The van der Waals surface area contributed by atoms with Crippen LogP contribution in [-0.2, 0) is 4.79 Å². The summed E-state index contributed by atoms with van der Waals surface area (Å²) in [5.74, 6) is -0.927. The number of nitrogens with zero attached hydrogens (tertiary/aromatic N) is 1. The normalized spacial score (nSPS) is 9.86. The van der Waals surface area contributed by atoms with Crippen molar-refractivity contribution in [2.45, 2.75) is 27.2 Å². The topological polar surface area (TPSA) is 69.6 Å². The molecule has 0 aliphatic heterocycles. The Bertz CT molecular complexity index is 517. The molecule has 21 heavy (non-hydrogen) atoms. The zero-order valence-corrected chi connectivity index (χ0v) is 12.7. The van der Waals surface area contributed by atoms with E-state index in [1.807, 2.05) is 51.1 Å². The smallest absolute Gasteiger partial charge is 0.322 e. The van der Waals surface area contributed by atoms with Crippen molar-refractivity contribution in [2.75, 3.05) is 18.0 Å². The molecule has 0 heterocycles. The summed E-state index contributed by atoms with van der Waals surface area (Å²) in [4.78, 5) is 24.4. The van der Waals surface area contributed by atoms with Gasteiger partial charge in [-0.05, 0) is 32.9 Å². The second kappa shape index (κ2) is 8.09. The average molecular weight is 290 g/mol. The van der Waals surface area contributed by atoms with Gasteiger partial charge in [-0.3, -0.25) is 9.69 Å². The summed E-state index contributed by atoms with van der Waals surface area (Å²) in [5.41, 5.74) is 2.89. The van der Waals surface area contributed by atoms with Crippen LogP contribution in [0.5, 0.6) is 0 Å². The number of urea groups is 1. The van der Waals surface area contributed by atoms with E-state index in [1.54, 1.807) is 0 Å². The third kappa shape index (κ3) is 6.12. The number of nitrogens with one attached hydrogen (secondary N) is 1. The van der Waals surface area contributed by atoms with E-state index >= 15 is 0 Å². The number of rotatable bonds is 6. The first-order valence-corrected chi connectivity index (χ1v) is 6.87. The molecule has 1 aromatic carbocycles. The molecular weight excluding hydrogens is 268 g/mol. The lowest BCUT2D eigenvalue weighted by Crippen LogP contribution is -2.41. The monoisotopic (exact) mass is 290 g/mol. The van der Waals surface area contributed by atoms with Crippen molar-refractivity contribution in [1.29, 1.82) is 0 Å². The molecule has 1 rings (SSSR count). The highest BCUT2D eigenvalue weighted by molar-refractivity contribution is 5.92. The van der Waals surface area contributed by atoms with E-state index < -0.39 is 5.97 Å². The van der Waals surface area contributed by atoms with Crippen LogP contribution in [0, 0.1) is 6.92 Å². The number of carboxylic acid groups (broad SMARTS) is 1. The SMILES string of the molecule is CC(C)=CCNC(=O)N(CCC(=O)O)c1ccc(C)cc1. The van der Waals surface area contributed by atoms with Crippen molar-refractivity contribution >= 4 is 17.7 Å². The quantitative estimate of drug-likeness (QED) is 0.791. The minimum Gasteiger partial charge on any atom is -0.481 e. The highest BCUT2D eigenvalue weighted by atomic mass is 16.4. The molecule has 2 N–H and O–H groups in total. The summed E-state index contributed by atoms with van der Waals surface area (Å²) in [6.45, 7) is 6.43. The van der Waals surface area contributed by atoms with Crippen LogP contribution >= 0.6 is 0 Å². The molecule has 114 valence electrons. The Kier molecular flexibility index (Phi) is 6.46. The Morgan fingerprint density at radius 1 is 1.24 bits per heavy atom. The minimum atomic E-state index is -0.927. The number of amides is 2. The maximum absolute atomic E-state index is 12.2. The summed E-state index contributed by atoms with van der Waals surface area (Å²) in [6.07, 6.45) is 1.81. The van der Waals surface area contributed by atoms with Crippen molar-refractivity contribution in [1.82, 2.24) is 5.32 Å². The van der Waals surface area contributed by atoms with Crippen LogP contribution in [0.25, 0.3) is 0 Å². The number of carbonyl (C=O) groups is 2. The second-order valence-corrected chi connectivity index (χ2v) is 5.10. The van der Waals surface area contributed by atoms with E-state index in [-0.39, 0.29) is 19.0 Å². The molecule has 0 bridgehead atoms. The molecule has 0 aliphatic rings. The van der Waals surface area contributed by atoms with Gasteiger partial charge in [-0.1, -0.05) is 29.3 Å². The van der Waals surface area contributed by atoms with Gasteiger partial charge in [-0.15, -0.1) is 0 Å². The van der Waals surface area contributed by atoms with Crippen molar-refractivity contribution < 1.29 is 14.7 Å². The molecule has 0 radical (unpaired) electrons. The van der Waals surface area contributed by atoms with Gasteiger partial charge in [-0.25, -0.2) is 4.79 Å². The van der Waals surface area contributed by atoms with Crippen LogP contribution in [0.2, 0.25) is 0 Å². The molecule has 0 aromatic heterocycles. The highest BCUT2D eigenvalue weighted by Gasteiger charge is 2.16. The fourth-order valence-corrected chi connectivity index (χ4v) is 1.72. The number of hydrogen-bond acceptors (Lipinski definition) is 2. The van der Waals surface area contributed by atoms with Crippen LogP contribution in [0.1, 0.15) is 25.8 Å². The molecule has 0 atom stereocenters. The lowest BCUT2D eigenvalue weighted by molar-refractivity contribution is -0.136. The number of aliphatic carboxylic acids is 1. The molecule has 0 saturated heterocycles. The Morgan fingerprint density at radius 3 is 2.38 bits per heavy atom. The summed E-state index contributed by atoms with van der Waals surface area (Å²) < 4.78 is 0. The van der Waals surface area contributed by atoms with E-state index in [1.165, 1.54) is 4.90 Å². The summed E-state index contributed by atoms with van der Waals surface area (Å²) in [7, 11) is 0. The molecule has 0 aliphatic carbocycles. The Balaban J connectivity index is 2.80. The number of benzene rings is 1. The third-order valence-corrected chi connectivity index (χ3v) is 2.90. The van der Waals surface area contributed by atoms with Crippen molar-refractivity contribution in [2.24, 2.45) is 0 Å². The first-order chi connectivity index (χ1) is 9.90. The molecule has 0 unspecified atom stereocenters.